The fourth-order valence-electron chi connectivity index (χ4n) is 2.12. The number of hydrogen-bond donors (Lipinski definition) is 1. The number of nitrogens with two attached hydrogens (primary N) is 1. The van der Waals surface area contributed by atoms with Gasteiger partial charge >= 0.3 is 0 Å². The van der Waals surface area contributed by atoms with E-state index in [4.69, 9.17) is 22.1 Å². The van der Waals surface area contributed by atoms with Crippen LogP contribution >= 0.6 is 11.6 Å². The van der Waals surface area contributed by atoms with E-state index in [1.165, 1.54) is 7.11 Å². The highest BCUT2D eigenvalue weighted by Gasteiger charge is 2.20. The number of benzene rings is 2. The Labute approximate surface area is 123 Å². The Kier molecular flexibility index (Phi) is 4.00. The van der Waals surface area contributed by atoms with Gasteiger partial charge in [0.15, 0.2) is 5.78 Å². The molecule has 0 saturated carbocycles. The Hall–Kier alpha value is -2.00. The molecule has 0 heterocycles. The number of carbonyl (C=O) groups is 1. The number of hydrogen-bond acceptors (Lipinski definition) is 3. The first-order valence-corrected chi connectivity index (χ1v) is 6.57. The zero-order valence-corrected chi connectivity index (χ0v) is 12.4. The number of halogens is 1. The van der Waals surface area contributed by atoms with Crippen LogP contribution in [-0.2, 0) is 0 Å². The summed E-state index contributed by atoms with van der Waals surface area (Å²) in [7, 11) is 1.52. The van der Waals surface area contributed by atoms with E-state index in [1.807, 2.05) is 13.8 Å². The van der Waals surface area contributed by atoms with Gasteiger partial charge < -0.3 is 10.5 Å². The summed E-state index contributed by atoms with van der Waals surface area (Å²) in [5, 5.41) is 0.645. The minimum absolute atomic E-state index is 0.155. The van der Waals surface area contributed by atoms with Crippen molar-refractivity contribution in [1.29, 1.82) is 0 Å². The molecule has 0 atom stereocenters. The molecule has 0 aliphatic heterocycles. The van der Waals surface area contributed by atoms with Crippen LogP contribution in [0.1, 0.15) is 27.0 Å². The second-order valence-electron chi connectivity index (χ2n) is 4.67. The van der Waals surface area contributed by atoms with Crippen LogP contribution in [-0.4, -0.2) is 12.9 Å². The quantitative estimate of drug-likeness (QED) is 0.691. The van der Waals surface area contributed by atoms with Crippen LogP contribution < -0.4 is 10.5 Å². The van der Waals surface area contributed by atoms with E-state index in [0.29, 0.717) is 27.6 Å². The van der Waals surface area contributed by atoms with Crippen molar-refractivity contribution in [2.45, 2.75) is 13.8 Å². The van der Waals surface area contributed by atoms with Gasteiger partial charge in [-0.2, -0.15) is 0 Å². The lowest BCUT2D eigenvalue weighted by Crippen LogP contribution is -2.09. The molecule has 2 rings (SSSR count). The van der Waals surface area contributed by atoms with E-state index < -0.39 is 0 Å². The number of nitrogen functional groups attached to an aromatic ring is 1. The van der Waals surface area contributed by atoms with E-state index in [0.717, 1.165) is 11.1 Å². The van der Waals surface area contributed by atoms with Crippen molar-refractivity contribution in [2.75, 3.05) is 12.8 Å². The number of anilines is 1. The molecule has 0 unspecified atom stereocenters. The molecule has 4 heteroatoms. The molecular weight excluding hydrogens is 274 g/mol. The molecular formula is C16H16ClNO2. The van der Waals surface area contributed by atoms with Gasteiger partial charge in [0, 0.05) is 16.3 Å². The Balaban J connectivity index is 2.61. The van der Waals surface area contributed by atoms with Crippen molar-refractivity contribution >= 4 is 23.1 Å². The maximum absolute atomic E-state index is 12.7. The van der Waals surface area contributed by atoms with Crippen molar-refractivity contribution < 1.29 is 9.53 Å². The average Bonchev–Trinajstić information content (AvgIpc) is 2.41. The van der Waals surface area contributed by atoms with Gasteiger partial charge in [-0.1, -0.05) is 17.7 Å². The van der Waals surface area contributed by atoms with Gasteiger partial charge in [-0.25, -0.2) is 0 Å². The zero-order chi connectivity index (χ0) is 14.9. The molecule has 0 amide bonds. The molecule has 0 bridgehead atoms. The van der Waals surface area contributed by atoms with Gasteiger partial charge in [-0.3, -0.25) is 4.79 Å². The summed E-state index contributed by atoms with van der Waals surface area (Å²) in [5.74, 6) is 0.319. The lowest BCUT2D eigenvalue weighted by atomic mass is 9.95. The predicted octanol–water partition coefficient (Wildman–Crippen LogP) is 3.78. The van der Waals surface area contributed by atoms with Crippen LogP contribution in [0.5, 0.6) is 5.75 Å². The second-order valence-corrected chi connectivity index (χ2v) is 5.08. The fraction of sp³-hybridized carbons (Fsp3) is 0.188. The van der Waals surface area contributed by atoms with Crippen molar-refractivity contribution in [2.24, 2.45) is 0 Å². The molecule has 3 nitrogen and oxygen atoms in total. The Morgan fingerprint density at radius 1 is 1.20 bits per heavy atom. The number of ether oxygens (including phenoxy) is 1. The van der Waals surface area contributed by atoms with Crippen molar-refractivity contribution in [3.8, 4) is 5.75 Å². The van der Waals surface area contributed by atoms with Crippen LogP contribution in [0.4, 0.5) is 5.69 Å². The van der Waals surface area contributed by atoms with Crippen molar-refractivity contribution in [3.63, 3.8) is 0 Å². The van der Waals surface area contributed by atoms with E-state index in [1.54, 1.807) is 30.3 Å². The lowest BCUT2D eigenvalue weighted by molar-refractivity contribution is 0.103. The van der Waals surface area contributed by atoms with Crippen LogP contribution in [0, 0.1) is 13.8 Å². The van der Waals surface area contributed by atoms with Crippen LogP contribution in [0.15, 0.2) is 30.3 Å². The molecule has 2 aromatic carbocycles. The smallest absolute Gasteiger partial charge is 0.199 e. The topological polar surface area (TPSA) is 52.3 Å². The summed E-state index contributed by atoms with van der Waals surface area (Å²) in [4.78, 5) is 12.7. The van der Waals surface area contributed by atoms with E-state index >= 15 is 0 Å². The molecule has 0 aromatic heterocycles. The third-order valence-electron chi connectivity index (χ3n) is 3.26. The number of rotatable bonds is 3. The third kappa shape index (κ3) is 2.49. The molecule has 104 valence electrons. The first-order valence-electron chi connectivity index (χ1n) is 6.19. The van der Waals surface area contributed by atoms with E-state index in [9.17, 15) is 4.79 Å². The van der Waals surface area contributed by atoms with Crippen LogP contribution in [0.2, 0.25) is 5.02 Å². The molecule has 20 heavy (non-hydrogen) atoms. The molecule has 0 aliphatic carbocycles. The van der Waals surface area contributed by atoms with Crippen molar-refractivity contribution in [1.82, 2.24) is 0 Å². The standard InChI is InChI=1S/C16H16ClNO2/c1-9-8-12(17)10(2)7-11(9)16(19)15-13(18)5-4-6-14(15)20-3/h4-8H,18H2,1-3H3. The average molecular weight is 290 g/mol. The number of methoxy groups -OCH3 is 1. The fourth-order valence-corrected chi connectivity index (χ4v) is 2.34. The first kappa shape index (κ1) is 14.4. The molecule has 2 N–H and O–H groups in total. The first-order chi connectivity index (χ1) is 9.45. The summed E-state index contributed by atoms with van der Waals surface area (Å²) in [6.07, 6.45) is 0. The summed E-state index contributed by atoms with van der Waals surface area (Å²) in [6, 6.07) is 8.74. The van der Waals surface area contributed by atoms with E-state index in [2.05, 4.69) is 0 Å². The minimum Gasteiger partial charge on any atom is -0.496 e. The van der Waals surface area contributed by atoms with Gasteiger partial charge in [0.1, 0.15) is 5.75 Å². The Bertz CT molecular complexity index is 680. The maximum atomic E-state index is 12.7. The minimum atomic E-state index is -0.155. The van der Waals surface area contributed by atoms with Gasteiger partial charge in [0.05, 0.1) is 12.7 Å². The maximum Gasteiger partial charge on any atom is 0.199 e. The highest BCUT2D eigenvalue weighted by molar-refractivity contribution is 6.31. The predicted molar refractivity (Wildman–Crippen MR) is 81.8 cm³/mol. The zero-order valence-electron chi connectivity index (χ0n) is 11.7. The van der Waals surface area contributed by atoms with Crippen LogP contribution in [0.25, 0.3) is 0 Å². The highest BCUT2D eigenvalue weighted by Crippen LogP contribution is 2.29. The van der Waals surface area contributed by atoms with Gasteiger partial charge in [-0.05, 0) is 49.2 Å². The third-order valence-corrected chi connectivity index (χ3v) is 3.66. The monoisotopic (exact) mass is 289 g/mol. The highest BCUT2D eigenvalue weighted by atomic mass is 35.5. The number of carbonyl (C=O) groups excluding carboxylic acids is 1. The largest absolute Gasteiger partial charge is 0.496 e. The van der Waals surface area contributed by atoms with Gasteiger partial charge in [-0.15, -0.1) is 0 Å². The molecule has 2 aromatic rings. The Morgan fingerprint density at radius 3 is 2.55 bits per heavy atom. The molecule has 0 spiro atoms. The molecule has 0 saturated heterocycles. The molecule has 0 radical (unpaired) electrons. The van der Waals surface area contributed by atoms with Gasteiger partial charge in [0.2, 0.25) is 0 Å². The lowest BCUT2D eigenvalue weighted by Gasteiger charge is -2.13. The number of aryl methyl sites for hydroxylation is 2. The summed E-state index contributed by atoms with van der Waals surface area (Å²) >= 11 is 6.07. The molecule has 0 fully saturated rings. The Morgan fingerprint density at radius 2 is 1.90 bits per heavy atom. The molecule has 0 aliphatic rings. The summed E-state index contributed by atoms with van der Waals surface area (Å²) in [5.41, 5.74) is 8.98. The van der Waals surface area contributed by atoms with E-state index in [-0.39, 0.29) is 5.78 Å². The summed E-state index contributed by atoms with van der Waals surface area (Å²) < 4.78 is 5.24. The normalized spacial score (nSPS) is 10.4. The van der Waals surface area contributed by atoms with Crippen LogP contribution in [0.3, 0.4) is 0 Å². The van der Waals surface area contributed by atoms with Crippen molar-refractivity contribution in [3.05, 3.63) is 57.6 Å². The van der Waals surface area contributed by atoms with Gasteiger partial charge in [0.25, 0.3) is 0 Å². The summed E-state index contributed by atoms with van der Waals surface area (Å²) in [6.45, 7) is 3.72. The SMILES string of the molecule is COc1cccc(N)c1C(=O)c1cc(C)c(Cl)cc1C. The second kappa shape index (κ2) is 5.55. The number of ketones is 1.